The van der Waals surface area contributed by atoms with Gasteiger partial charge in [0.25, 0.3) is 0 Å². The maximum absolute atomic E-state index is 10.8. The Kier molecular flexibility index (Phi) is 7.57. The van der Waals surface area contributed by atoms with Crippen LogP contribution in [-0.4, -0.2) is 45.5 Å². The van der Waals surface area contributed by atoms with Crippen molar-refractivity contribution in [3.05, 3.63) is 0 Å². The van der Waals surface area contributed by atoms with Gasteiger partial charge in [-0.1, -0.05) is 0 Å². The third-order valence-corrected chi connectivity index (χ3v) is 1.28. The molecule has 0 rings (SSSR count). The van der Waals surface area contributed by atoms with E-state index in [9.17, 15) is 4.79 Å². The minimum atomic E-state index is -0.570. The van der Waals surface area contributed by atoms with Crippen LogP contribution in [0.3, 0.4) is 0 Å². The highest BCUT2D eigenvalue weighted by Gasteiger charge is 2.07. The van der Waals surface area contributed by atoms with Gasteiger partial charge in [0.1, 0.15) is 12.6 Å². The second-order valence-corrected chi connectivity index (χ2v) is 2.56. The molecule has 0 aromatic carbocycles. The van der Waals surface area contributed by atoms with Gasteiger partial charge in [-0.05, 0) is 6.92 Å². The third kappa shape index (κ3) is 7.70. The van der Waals surface area contributed by atoms with Crippen LogP contribution in [0.25, 0.3) is 0 Å². The number of carbonyl (C=O) groups excluding carboxylic acids is 1. The SMILES string of the molecule is COCCOCCOC(=O)[C@@H](C)N. The van der Waals surface area contributed by atoms with Crippen LogP contribution < -0.4 is 5.73 Å². The topological polar surface area (TPSA) is 70.8 Å². The Morgan fingerprint density at radius 2 is 1.92 bits per heavy atom. The van der Waals surface area contributed by atoms with Crippen LogP contribution >= 0.6 is 0 Å². The van der Waals surface area contributed by atoms with E-state index < -0.39 is 12.0 Å². The zero-order chi connectivity index (χ0) is 10.1. The molecular formula is C8H17NO4. The summed E-state index contributed by atoms with van der Waals surface area (Å²) in [5.74, 6) is -0.407. The molecule has 13 heavy (non-hydrogen) atoms. The molecule has 1 atom stereocenters. The van der Waals surface area contributed by atoms with E-state index >= 15 is 0 Å². The van der Waals surface area contributed by atoms with Gasteiger partial charge in [0.05, 0.1) is 19.8 Å². The summed E-state index contributed by atoms with van der Waals surface area (Å²) >= 11 is 0. The molecule has 0 saturated carbocycles. The number of esters is 1. The summed E-state index contributed by atoms with van der Waals surface area (Å²) in [6, 6.07) is -0.570. The number of hydrogen-bond acceptors (Lipinski definition) is 5. The minimum absolute atomic E-state index is 0.240. The predicted octanol–water partition coefficient (Wildman–Crippen LogP) is -0.460. The van der Waals surface area contributed by atoms with Gasteiger partial charge in [0.2, 0.25) is 0 Å². The second-order valence-electron chi connectivity index (χ2n) is 2.56. The maximum atomic E-state index is 10.8. The van der Waals surface area contributed by atoms with Crippen LogP contribution in [0.2, 0.25) is 0 Å². The van der Waals surface area contributed by atoms with Crippen molar-refractivity contribution in [2.45, 2.75) is 13.0 Å². The first-order chi connectivity index (χ1) is 6.18. The van der Waals surface area contributed by atoms with E-state index in [0.717, 1.165) is 0 Å². The molecule has 0 heterocycles. The third-order valence-electron chi connectivity index (χ3n) is 1.28. The van der Waals surface area contributed by atoms with Crippen molar-refractivity contribution in [3.8, 4) is 0 Å². The highest BCUT2D eigenvalue weighted by atomic mass is 16.6. The lowest BCUT2D eigenvalue weighted by molar-refractivity contribution is -0.146. The lowest BCUT2D eigenvalue weighted by Gasteiger charge is -2.07. The average Bonchev–Trinajstić information content (AvgIpc) is 2.10. The van der Waals surface area contributed by atoms with E-state index in [2.05, 4.69) is 0 Å². The first kappa shape index (κ1) is 12.3. The number of nitrogens with two attached hydrogens (primary N) is 1. The lowest BCUT2D eigenvalue weighted by Crippen LogP contribution is -2.29. The van der Waals surface area contributed by atoms with Crippen molar-refractivity contribution < 1.29 is 19.0 Å². The van der Waals surface area contributed by atoms with Crippen molar-refractivity contribution >= 4 is 5.97 Å². The number of carbonyl (C=O) groups is 1. The van der Waals surface area contributed by atoms with Crippen molar-refractivity contribution in [1.29, 1.82) is 0 Å². The van der Waals surface area contributed by atoms with Gasteiger partial charge in [-0.3, -0.25) is 4.79 Å². The molecule has 2 N–H and O–H groups in total. The molecule has 78 valence electrons. The molecule has 5 heteroatoms. The molecule has 0 saturated heterocycles. The number of methoxy groups -OCH3 is 1. The van der Waals surface area contributed by atoms with Gasteiger partial charge in [0, 0.05) is 7.11 Å². The van der Waals surface area contributed by atoms with Crippen molar-refractivity contribution in [2.24, 2.45) is 5.73 Å². The van der Waals surface area contributed by atoms with Gasteiger partial charge >= 0.3 is 5.97 Å². The van der Waals surface area contributed by atoms with Gasteiger partial charge in [-0.25, -0.2) is 0 Å². The maximum Gasteiger partial charge on any atom is 0.322 e. The molecule has 0 bridgehead atoms. The van der Waals surface area contributed by atoms with E-state index in [1.54, 1.807) is 14.0 Å². The molecule has 0 aromatic rings. The molecule has 0 radical (unpaired) electrons. The highest BCUT2D eigenvalue weighted by molar-refractivity contribution is 5.74. The Hall–Kier alpha value is -0.650. The number of ether oxygens (including phenoxy) is 3. The average molecular weight is 191 g/mol. The zero-order valence-electron chi connectivity index (χ0n) is 8.12. The van der Waals surface area contributed by atoms with Crippen LogP contribution in [0.5, 0.6) is 0 Å². The molecule has 5 nitrogen and oxygen atoms in total. The molecule has 0 fully saturated rings. The number of hydrogen-bond donors (Lipinski definition) is 1. The zero-order valence-corrected chi connectivity index (χ0v) is 8.12. The first-order valence-corrected chi connectivity index (χ1v) is 4.17. The van der Waals surface area contributed by atoms with Crippen molar-refractivity contribution in [3.63, 3.8) is 0 Å². The molecule has 0 aromatic heterocycles. The van der Waals surface area contributed by atoms with Crippen LogP contribution in [0.4, 0.5) is 0 Å². The summed E-state index contributed by atoms with van der Waals surface area (Å²) in [6.07, 6.45) is 0. The first-order valence-electron chi connectivity index (χ1n) is 4.17. The monoisotopic (exact) mass is 191 g/mol. The summed E-state index contributed by atoms with van der Waals surface area (Å²) in [4.78, 5) is 10.8. The molecule has 0 amide bonds. The van der Waals surface area contributed by atoms with E-state index in [1.807, 2.05) is 0 Å². The van der Waals surface area contributed by atoms with E-state index in [4.69, 9.17) is 19.9 Å². The fourth-order valence-corrected chi connectivity index (χ4v) is 0.577. The molecule has 0 unspecified atom stereocenters. The Balaban J connectivity index is 3.12. The number of rotatable bonds is 7. The lowest BCUT2D eigenvalue weighted by atomic mass is 10.4. The van der Waals surface area contributed by atoms with Gasteiger partial charge in [0.15, 0.2) is 0 Å². The fourth-order valence-electron chi connectivity index (χ4n) is 0.577. The van der Waals surface area contributed by atoms with Crippen LogP contribution in [-0.2, 0) is 19.0 Å². The molecular weight excluding hydrogens is 174 g/mol. The molecule has 0 spiro atoms. The van der Waals surface area contributed by atoms with Crippen LogP contribution in [0.1, 0.15) is 6.92 Å². The summed E-state index contributed by atoms with van der Waals surface area (Å²) in [5.41, 5.74) is 5.26. The molecule has 0 aliphatic heterocycles. The largest absolute Gasteiger partial charge is 0.462 e. The second kappa shape index (κ2) is 7.97. The molecule has 0 aliphatic carbocycles. The Labute approximate surface area is 78.1 Å². The highest BCUT2D eigenvalue weighted by Crippen LogP contribution is 1.84. The van der Waals surface area contributed by atoms with Gasteiger partial charge in [-0.15, -0.1) is 0 Å². The predicted molar refractivity (Wildman–Crippen MR) is 47.3 cm³/mol. The summed E-state index contributed by atoms with van der Waals surface area (Å²) < 4.78 is 14.6. The van der Waals surface area contributed by atoms with E-state index in [0.29, 0.717) is 19.8 Å². The summed E-state index contributed by atoms with van der Waals surface area (Å²) in [5, 5.41) is 0. The van der Waals surface area contributed by atoms with E-state index in [-0.39, 0.29) is 6.61 Å². The van der Waals surface area contributed by atoms with Gasteiger partial charge < -0.3 is 19.9 Å². The van der Waals surface area contributed by atoms with Crippen LogP contribution in [0.15, 0.2) is 0 Å². The minimum Gasteiger partial charge on any atom is -0.462 e. The summed E-state index contributed by atoms with van der Waals surface area (Å²) in [7, 11) is 1.60. The Morgan fingerprint density at radius 3 is 2.46 bits per heavy atom. The standard InChI is InChI=1S/C8H17NO4/c1-7(9)8(10)13-6-5-12-4-3-11-2/h7H,3-6,9H2,1-2H3/t7-/m1/s1. The van der Waals surface area contributed by atoms with Gasteiger partial charge in [-0.2, -0.15) is 0 Å². The smallest absolute Gasteiger partial charge is 0.322 e. The Bertz CT molecular complexity index is 138. The fraction of sp³-hybridized carbons (Fsp3) is 0.875. The summed E-state index contributed by atoms with van der Waals surface area (Å²) in [6.45, 7) is 3.24. The molecule has 0 aliphatic rings. The quantitative estimate of drug-likeness (QED) is 0.435. The normalized spacial score (nSPS) is 12.5. The Morgan fingerprint density at radius 1 is 1.31 bits per heavy atom. The van der Waals surface area contributed by atoms with Crippen molar-refractivity contribution in [2.75, 3.05) is 33.5 Å². The van der Waals surface area contributed by atoms with Crippen molar-refractivity contribution in [1.82, 2.24) is 0 Å². The van der Waals surface area contributed by atoms with Crippen LogP contribution in [0, 0.1) is 0 Å². The van der Waals surface area contributed by atoms with E-state index in [1.165, 1.54) is 0 Å².